The summed E-state index contributed by atoms with van der Waals surface area (Å²) in [5.41, 5.74) is 0.459. The molecule has 1 heterocycles. The van der Waals surface area contributed by atoms with Gasteiger partial charge in [-0.1, -0.05) is 17.7 Å². The second kappa shape index (κ2) is 5.21. The lowest BCUT2D eigenvalue weighted by Crippen LogP contribution is -2.00. The molecule has 2 rings (SSSR count). The van der Waals surface area contributed by atoms with Crippen LogP contribution < -0.4 is 4.74 Å². The molecule has 2 aromatic rings. The molecule has 88 valence electrons. The number of carbonyl (C=O) groups excluding carboxylic acids is 1. The van der Waals surface area contributed by atoms with E-state index in [0.29, 0.717) is 21.2 Å². The quantitative estimate of drug-likeness (QED) is 0.779. The Balaban J connectivity index is 2.44. The first-order valence-electron chi connectivity index (χ1n) is 4.76. The van der Waals surface area contributed by atoms with Crippen molar-refractivity contribution in [1.29, 1.82) is 0 Å². The Morgan fingerprint density at radius 2 is 2.12 bits per heavy atom. The van der Waals surface area contributed by atoms with Crippen molar-refractivity contribution in [2.24, 2.45) is 0 Å². The number of carbonyl (C=O) groups is 1. The highest BCUT2D eigenvalue weighted by Crippen LogP contribution is 2.31. The largest absolute Gasteiger partial charge is 0.495 e. The first kappa shape index (κ1) is 12.6. The van der Waals surface area contributed by atoms with Gasteiger partial charge in [0.1, 0.15) is 5.75 Å². The van der Waals surface area contributed by atoms with Crippen LogP contribution in [0.3, 0.4) is 0 Å². The summed E-state index contributed by atoms with van der Waals surface area (Å²) in [6, 6.07) is 8.78. The molecular weight excluding hydrogens is 324 g/mol. The van der Waals surface area contributed by atoms with Gasteiger partial charge in [0.05, 0.1) is 20.8 Å². The van der Waals surface area contributed by atoms with E-state index in [1.807, 2.05) is 6.07 Å². The molecule has 0 aliphatic carbocycles. The van der Waals surface area contributed by atoms with Crippen LogP contribution in [0.4, 0.5) is 0 Å². The molecule has 0 spiro atoms. The Hall–Kier alpha value is -0.840. The van der Waals surface area contributed by atoms with Gasteiger partial charge in [-0.15, -0.1) is 11.3 Å². The summed E-state index contributed by atoms with van der Waals surface area (Å²) in [6.07, 6.45) is 0. The minimum atomic E-state index is -0.0930. The Kier molecular flexibility index (Phi) is 3.86. The van der Waals surface area contributed by atoms with Crippen molar-refractivity contribution in [3.63, 3.8) is 0 Å². The van der Waals surface area contributed by atoms with Crippen molar-refractivity contribution in [2.45, 2.75) is 0 Å². The molecule has 0 aliphatic heterocycles. The maximum absolute atomic E-state index is 12.2. The molecule has 5 heteroatoms. The van der Waals surface area contributed by atoms with Gasteiger partial charge in [-0.25, -0.2) is 0 Å². The molecule has 0 aliphatic rings. The number of benzene rings is 1. The molecule has 0 unspecified atom stereocenters. The summed E-state index contributed by atoms with van der Waals surface area (Å²) in [5.74, 6) is 0.415. The van der Waals surface area contributed by atoms with Crippen LogP contribution in [0.1, 0.15) is 15.2 Å². The minimum absolute atomic E-state index is 0.0930. The molecule has 0 bridgehead atoms. The van der Waals surface area contributed by atoms with Crippen molar-refractivity contribution in [3.8, 4) is 5.75 Å². The minimum Gasteiger partial charge on any atom is -0.495 e. The predicted molar refractivity (Wildman–Crippen MR) is 73.5 cm³/mol. The number of thiophene rings is 1. The monoisotopic (exact) mass is 330 g/mol. The fraction of sp³-hybridized carbons (Fsp3) is 0.0833. The molecule has 0 fully saturated rings. The molecule has 1 aromatic carbocycles. The molecular formula is C12H8BrClO2S. The molecule has 0 amide bonds. The van der Waals surface area contributed by atoms with E-state index in [4.69, 9.17) is 16.3 Å². The summed E-state index contributed by atoms with van der Waals surface area (Å²) in [5, 5.41) is 0.351. The number of halogens is 2. The summed E-state index contributed by atoms with van der Waals surface area (Å²) in [6.45, 7) is 0. The average Bonchev–Trinajstić information content (AvgIpc) is 2.75. The molecule has 0 radical (unpaired) electrons. The van der Waals surface area contributed by atoms with Crippen LogP contribution in [-0.4, -0.2) is 12.9 Å². The highest BCUT2D eigenvalue weighted by Gasteiger charge is 2.17. The maximum atomic E-state index is 12.2. The van der Waals surface area contributed by atoms with Crippen molar-refractivity contribution in [1.82, 2.24) is 0 Å². The van der Waals surface area contributed by atoms with E-state index < -0.39 is 0 Å². The van der Waals surface area contributed by atoms with Crippen LogP contribution in [-0.2, 0) is 0 Å². The van der Waals surface area contributed by atoms with Crippen LogP contribution in [0.2, 0.25) is 5.02 Å². The van der Waals surface area contributed by atoms with Gasteiger partial charge in [0.15, 0.2) is 0 Å². The van der Waals surface area contributed by atoms with E-state index in [2.05, 4.69) is 15.9 Å². The van der Waals surface area contributed by atoms with E-state index in [0.717, 1.165) is 3.79 Å². The molecule has 0 saturated heterocycles. The summed E-state index contributed by atoms with van der Waals surface area (Å²) >= 11 is 10.8. The highest BCUT2D eigenvalue weighted by molar-refractivity contribution is 9.11. The van der Waals surface area contributed by atoms with E-state index in [1.165, 1.54) is 18.4 Å². The van der Waals surface area contributed by atoms with Crippen molar-refractivity contribution in [3.05, 3.63) is 49.6 Å². The van der Waals surface area contributed by atoms with E-state index in [9.17, 15) is 4.79 Å². The molecule has 0 N–H and O–H groups in total. The lowest BCUT2D eigenvalue weighted by atomic mass is 10.1. The third kappa shape index (κ3) is 2.54. The van der Waals surface area contributed by atoms with Gasteiger partial charge >= 0.3 is 0 Å². The third-order valence-electron chi connectivity index (χ3n) is 2.22. The van der Waals surface area contributed by atoms with Crippen LogP contribution in [0.15, 0.2) is 34.1 Å². The Labute approximate surface area is 116 Å². The number of ether oxygens (including phenoxy) is 1. The van der Waals surface area contributed by atoms with Crippen LogP contribution in [0.5, 0.6) is 5.75 Å². The normalized spacial score (nSPS) is 10.3. The second-order valence-corrected chi connectivity index (χ2v) is 6.10. The fourth-order valence-electron chi connectivity index (χ4n) is 1.41. The predicted octanol–water partition coefficient (Wildman–Crippen LogP) is 4.40. The van der Waals surface area contributed by atoms with Gasteiger partial charge in [0, 0.05) is 5.56 Å². The van der Waals surface area contributed by atoms with Crippen molar-refractivity contribution >= 4 is 44.7 Å². The van der Waals surface area contributed by atoms with Gasteiger partial charge in [-0.3, -0.25) is 4.79 Å². The van der Waals surface area contributed by atoms with Gasteiger partial charge in [-0.2, -0.15) is 0 Å². The number of methoxy groups -OCH3 is 1. The number of ketones is 1. The molecule has 17 heavy (non-hydrogen) atoms. The Morgan fingerprint density at radius 1 is 1.35 bits per heavy atom. The van der Waals surface area contributed by atoms with Crippen LogP contribution in [0.25, 0.3) is 0 Å². The number of hydrogen-bond donors (Lipinski definition) is 0. The van der Waals surface area contributed by atoms with Crippen LogP contribution >= 0.6 is 38.9 Å². The smallest absolute Gasteiger partial charge is 0.204 e. The SMILES string of the molecule is COc1cccc(C(=O)c2ccc(Br)s2)c1Cl. The van der Waals surface area contributed by atoms with Crippen molar-refractivity contribution in [2.75, 3.05) is 7.11 Å². The molecule has 0 atom stereocenters. The lowest BCUT2D eigenvalue weighted by Gasteiger charge is -2.06. The number of rotatable bonds is 3. The number of hydrogen-bond acceptors (Lipinski definition) is 3. The zero-order valence-corrected chi connectivity index (χ0v) is 12.0. The zero-order valence-electron chi connectivity index (χ0n) is 8.87. The van der Waals surface area contributed by atoms with Gasteiger partial charge in [0.25, 0.3) is 0 Å². The average molecular weight is 332 g/mol. The van der Waals surface area contributed by atoms with E-state index in [1.54, 1.807) is 24.3 Å². The van der Waals surface area contributed by atoms with Crippen molar-refractivity contribution < 1.29 is 9.53 Å². The summed E-state index contributed by atoms with van der Waals surface area (Å²) < 4.78 is 6.00. The van der Waals surface area contributed by atoms with E-state index >= 15 is 0 Å². The lowest BCUT2D eigenvalue weighted by molar-refractivity contribution is 0.104. The standard InChI is InChI=1S/C12H8BrClO2S/c1-16-8-4-2-3-7(11(8)14)12(15)9-5-6-10(13)17-9/h2-6H,1H3. The first-order valence-corrected chi connectivity index (χ1v) is 6.74. The first-order chi connectivity index (χ1) is 8.13. The van der Waals surface area contributed by atoms with Gasteiger partial charge < -0.3 is 4.74 Å². The zero-order chi connectivity index (χ0) is 12.4. The molecule has 0 saturated carbocycles. The van der Waals surface area contributed by atoms with Gasteiger partial charge in [0.2, 0.25) is 5.78 Å². The Morgan fingerprint density at radius 3 is 2.71 bits per heavy atom. The summed E-state index contributed by atoms with van der Waals surface area (Å²) in [7, 11) is 1.52. The molecule has 1 aromatic heterocycles. The Bertz CT molecular complexity index is 565. The third-order valence-corrected chi connectivity index (χ3v) is 4.24. The topological polar surface area (TPSA) is 26.3 Å². The summed E-state index contributed by atoms with van der Waals surface area (Å²) in [4.78, 5) is 12.8. The maximum Gasteiger partial charge on any atom is 0.204 e. The fourth-order valence-corrected chi connectivity index (χ4v) is 3.04. The van der Waals surface area contributed by atoms with E-state index in [-0.39, 0.29) is 5.78 Å². The molecule has 2 nitrogen and oxygen atoms in total. The second-order valence-electron chi connectivity index (χ2n) is 3.25. The van der Waals surface area contributed by atoms with Gasteiger partial charge in [-0.05, 0) is 40.2 Å². The highest BCUT2D eigenvalue weighted by atomic mass is 79.9. The van der Waals surface area contributed by atoms with Crippen LogP contribution in [0, 0.1) is 0 Å².